The van der Waals surface area contributed by atoms with Crippen molar-refractivity contribution in [1.82, 2.24) is 15.2 Å². The minimum Gasteiger partial charge on any atom is -0.444 e. The van der Waals surface area contributed by atoms with Gasteiger partial charge in [-0.2, -0.15) is 0 Å². The lowest BCUT2D eigenvalue weighted by molar-refractivity contribution is 0.0515. The Morgan fingerprint density at radius 3 is 1.39 bits per heavy atom. The van der Waals surface area contributed by atoms with E-state index >= 15 is 0 Å². The first-order valence-corrected chi connectivity index (χ1v) is 17.5. The van der Waals surface area contributed by atoms with Crippen LogP contribution in [0, 0.1) is 0 Å². The van der Waals surface area contributed by atoms with Gasteiger partial charge in [-0.25, -0.2) is 9.59 Å². The maximum absolute atomic E-state index is 12.0. The number of alkyl carbamates (subject to hydrolysis) is 2. The number of ether oxygens (including phenoxy) is 2. The highest BCUT2D eigenvalue weighted by molar-refractivity contribution is 6.10. The standard InChI is InChI=1S/C42H51N3O4/c1-8-45-37-21-19-33(31-17-9-13-29(25-31)15-11-23-43-39(46)48-41(2,3)4)27-35(37)36-28-34(20-22-38(36)45)32-18-10-14-30(26-32)16-12-24-44-40(47)49-42(5,6)7/h9-10,13-14,17-22,25-28H,8,11-12,15-16,23-24H2,1-7H3,(H,43,46)(H,44,47). The number of nitrogens with zero attached hydrogens (tertiary/aromatic N) is 1. The molecule has 0 radical (unpaired) electrons. The van der Waals surface area contributed by atoms with E-state index in [-0.39, 0.29) is 12.2 Å². The lowest BCUT2D eigenvalue weighted by Crippen LogP contribution is -2.33. The van der Waals surface area contributed by atoms with Gasteiger partial charge < -0.3 is 24.7 Å². The molecule has 7 heteroatoms. The topological polar surface area (TPSA) is 81.6 Å². The minimum atomic E-state index is -0.500. The number of fused-ring (bicyclic) bond motifs is 3. The molecule has 0 spiro atoms. The molecule has 4 aromatic carbocycles. The summed E-state index contributed by atoms with van der Waals surface area (Å²) in [5, 5.41) is 8.21. The van der Waals surface area contributed by atoms with Gasteiger partial charge in [-0.05, 0) is 132 Å². The molecule has 0 saturated heterocycles. The van der Waals surface area contributed by atoms with E-state index in [1.807, 2.05) is 41.5 Å². The van der Waals surface area contributed by atoms with Crippen molar-refractivity contribution < 1.29 is 19.1 Å². The summed E-state index contributed by atoms with van der Waals surface area (Å²) < 4.78 is 13.1. The van der Waals surface area contributed by atoms with Gasteiger partial charge in [-0.3, -0.25) is 0 Å². The molecule has 49 heavy (non-hydrogen) atoms. The zero-order valence-electron chi connectivity index (χ0n) is 30.1. The number of hydrogen-bond donors (Lipinski definition) is 2. The Hall–Kier alpha value is -4.78. The molecule has 1 heterocycles. The summed E-state index contributed by atoms with van der Waals surface area (Å²) in [7, 11) is 0. The highest BCUT2D eigenvalue weighted by Gasteiger charge is 2.17. The summed E-state index contributed by atoms with van der Waals surface area (Å²) >= 11 is 0. The Morgan fingerprint density at radius 2 is 1.00 bits per heavy atom. The van der Waals surface area contributed by atoms with Gasteiger partial charge in [0.25, 0.3) is 0 Å². The van der Waals surface area contributed by atoms with Crippen LogP contribution in [-0.2, 0) is 28.9 Å². The Labute approximate surface area is 291 Å². The van der Waals surface area contributed by atoms with E-state index in [4.69, 9.17) is 9.47 Å². The van der Waals surface area contributed by atoms with Crippen LogP contribution in [0.4, 0.5) is 9.59 Å². The van der Waals surface area contributed by atoms with E-state index in [2.05, 4.69) is 107 Å². The van der Waals surface area contributed by atoms with Crippen LogP contribution < -0.4 is 10.6 Å². The first-order chi connectivity index (χ1) is 23.3. The fourth-order valence-corrected chi connectivity index (χ4v) is 6.21. The quantitative estimate of drug-likeness (QED) is 0.138. The molecule has 5 aromatic rings. The summed E-state index contributed by atoms with van der Waals surface area (Å²) in [6.07, 6.45) is 2.65. The molecule has 0 saturated carbocycles. The molecular weight excluding hydrogens is 610 g/mol. The average Bonchev–Trinajstić information content (AvgIpc) is 3.36. The fourth-order valence-electron chi connectivity index (χ4n) is 6.21. The highest BCUT2D eigenvalue weighted by Crippen LogP contribution is 2.35. The van der Waals surface area contributed by atoms with Crippen LogP contribution in [0.25, 0.3) is 44.1 Å². The second-order valence-electron chi connectivity index (χ2n) is 14.7. The zero-order valence-corrected chi connectivity index (χ0v) is 30.1. The van der Waals surface area contributed by atoms with Crippen molar-refractivity contribution >= 4 is 34.0 Å². The lowest BCUT2D eigenvalue weighted by atomic mass is 9.97. The van der Waals surface area contributed by atoms with E-state index in [1.165, 1.54) is 55.2 Å². The molecule has 2 N–H and O–H groups in total. The van der Waals surface area contributed by atoms with Crippen molar-refractivity contribution in [1.29, 1.82) is 0 Å². The molecule has 7 nitrogen and oxygen atoms in total. The molecule has 0 fully saturated rings. The second-order valence-corrected chi connectivity index (χ2v) is 14.7. The van der Waals surface area contributed by atoms with Gasteiger partial charge in [0, 0.05) is 41.4 Å². The monoisotopic (exact) mass is 661 g/mol. The molecule has 0 aliphatic rings. The number of aromatic nitrogens is 1. The summed E-state index contributed by atoms with van der Waals surface area (Å²) in [5.41, 5.74) is 8.67. The smallest absolute Gasteiger partial charge is 0.407 e. The Kier molecular flexibility index (Phi) is 11.0. The second kappa shape index (κ2) is 15.2. The largest absolute Gasteiger partial charge is 0.444 e. The van der Waals surface area contributed by atoms with Gasteiger partial charge >= 0.3 is 12.2 Å². The third kappa shape index (κ3) is 9.65. The van der Waals surface area contributed by atoms with Crippen LogP contribution >= 0.6 is 0 Å². The van der Waals surface area contributed by atoms with Crippen LogP contribution in [0.1, 0.15) is 72.4 Å². The normalized spacial score (nSPS) is 11.9. The van der Waals surface area contributed by atoms with Gasteiger partial charge in [0.05, 0.1) is 0 Å². The number of nitrogens with one attached hydrogen (secondary N) is 2. The number of amides is 2. The molecule has 0 atom stereocenters. The molecule has 0 bridgehead atoms. The number of carbonyl (C=O) groups is 2. The lowest BCUT2D eigenvalue weighted by Gasteiger charge is -2.19. The molecule has 258 valence electrons. The molecule has 0 aliphatic carbocycles. The third-order valence-corrected chi connectivity index (χ3v) is 8.32. The summed E-state index contributed by atoms with van der Waals surface area (Å²) in [6.45, 7) is 15.4. The van der Waals surface area contributed by atoms with Crippen molar-refractivity contribution in [2.45, 2.75) is 91.9 Å². The predicted octanol–water partition coefficient (Wildman–Crippen LogP) is 10.1. The first kappa shape index (κ1) is 35.5. The number of aryl methyl sites for hydroxylation is 3. The van der Waals surface area contributed by atoms with Crippen LogP contribution in [0.5, 0.6) is 0 Å². The molecule has 0 aliphatic heterocycles. The predicted molar refractivity (Wildman–Crippen MR) is 201 cm³/mol. The first-order valence-electron chi connectivity index (χ1n) is 17.5. The van der Waals surface area contributed by atoms with Crippen molar-refractivity contribution in [3.63, 3.8) is 0 Å². The van der Waals surface area contributed by atoms with Gasteiger partial charge in [-0.15, -0.1) is 0 Å². The Bertz CT molecular complexity index is 1790. The van der Waals surface area contributed by atoms with Gasteiger partial charge in [-0.1, -0.05) is 60.7 Å². The van der Waals surface area contributed by atoms with E-state index in [0.29, 0.717) is 13.1 Å². The molecule has 2 amide bonds. The Balaban J connectivity index is 1.32. The van der Waals surface area contributed by atoms with Gasteiger partial charge in [0.2, 0.25) is 0 Å². The van der Waals surface area contributed by atoms with E-state index in [0.717, 1.165) is 32.2 Å². The fraction of sp³-hybridized carbons (Fsp3) is 0.381. The maximum atomic E-state index is 12.0. The summed E-state index contributed by atoms with van der Waals surface area (Å²) in [6, 6.07) is 31.0. The highest BCUT2D eigenvalue weighted by atomic mass is 16.6. The SMILES string of the molecule is CCn1c2ccc(-c3cccc(CCCNC(=O)OC(C)(C)C)c3)cc2c2cc(-c3cccc(CCCNC(=O)OC(C)(C)C)c3)ccc21. The summed E-state index contributed by atoms with van der Waals surface area (Å²) in [5.74, 6) is 0. The molecular formula is C42H51N3O4. The van der Waals surface area contributed by atoms with Crippen LogP contribution in [0.15, 0.2) is 84.9 Å². The van der Waals surface area contributed by atoms with Crippen molar-refractivity contribution in [3.05, 3.63) is 96.1 Å². The average molecular weight is 662 g/mol. The van der Waals surface area contributed by atoms with E-state index in [1.54, 1.807) is 0 Å². The zero-order chi connectivity index (χ0) is 35.2. The van der Waals surface area contributed by atoms with E-state index < -0.39 is 11.2 Å². The third-order valence-electron chi connectivity index (χ3n) is 8.32. The number of rotatable bonds is 11. The van der Waals surface area contributed by atoms with Crippen molar-refractivity contribution in [2.24, 2.45) is 0 Å². The maximum Gasteiger partial charge on any atom is 0.407 e. The molecule has 0 unspecified atom stereocenters. The molecule has 1 aromatic heterocycles. The summed E-state index contributed by atoms with van der Waals surface area (Å²) in [4.78, 5) is 24.0. The van der Waals surface area contributed by atoms with Crippen molar-refractivity contribution in [3.8, 4) is 22.3 Å². The van der Waals surface area contributed by atoms with Crippen molar-refractivity contribution in [2.75, 3.05) is 13.1 Å². The molecule has 5 rings (SSSR count). The van der Waals surface area contributed by atoms with Crippen LogP contribution in [-0.4, -0.2) is 41.0 Å². The number of hydrogen-bond acceptors (Lipinski definition) is 4. The van der Waals surface area contributed by atoms with Gasteiger partial charge in [0.15, 0.2) is 0 Å². The Morgan fingerprint density at radius 1 is 0.592 bits per heavy atom. The minimum absolute atomic E-state index is 0.374. The van der Waals surface area contributed by atoms with Crippen LogP contribution in [0.2, 0.25) is 0 Å². The van der Waals surface area contributed by atoms with Gasteiger partial charge in [0.1, 0.15) is 11.2 Å². The van der Waals surface area contributed by atoms with E-state index in [9.17, 15) is 9.59 Å². The number of benzene rings is 4. The van der Waals surface area contributed by atoms with Crippen LogP contribution in [0.3, 0.4) is 0 Å². The number of carbonyl (C=O) groups excluding carboxylic acids is 2.